The Hall–Kier alpha value is -0.500. The molecular formula is C24H47NO2P+. The van der Waals surface area contributed by atoms with Crippen LogP contribution in [0.25, 0.3) is 0 Å². The fourth-order valence-electron chi connectivity index (χ4n) is 3.80. The first-order valence-electron chi connectivity index (χ1n) is 11.6. The third-order valence-corrected chi connectivity index (χ3v) is 7.46. The lowest BCUT2D eigenvalue weighted by Gasteiger charge is -2.39. The van der Waals surface area contributed by atoms with Crippen LogP contribution in [0.4, 0.5) is 0 Å². The SMILES string of the molecule is CCCCC/C=C\CCCC/C=C\CCCCC(CCC)([P+](=O)[O-])[N+](C)(C)C. The summed E-state index contributed by atoms with van der Waals surface area (Å²) in [6.45, 7) is 4.32. The zero-order chi connectivity index (χ0) is 21.3. The van der Waals surface area contributed by atoms with Gasteiger partial charge in [0.05, 0.1) is 21.1 Å². The lowest BCUT2D eigenvalue weighted by molar-refractivity contribution is -0.910. The summed E-state index contributed by atoms with van der Waals surface area (Å²) in [7, 11) is 3.61. The third kappa shape index (κ3) is 11.5. The van der Waals surface area contributed by atoms with E-state index in [9.17, 15) is 9.46 Å². The monoisotopic (exact) mass is 412 g/mol. The zero-order valence-corrected chi connectivity index (χ0v) is 20.3. The average Bonchev–Trinajstić information content (AvgIpc) is 2.62. The van der Waals surface area contributed by atoms with Gasteiger partial charge in [0, 0.05) is 12.8 Å². The first-order valence-corrected chi connectivity index (χ1v) is 12.8. The predicted molar refractivity (Wildman–Crippen MR) is 123 cm³/mol. The molecule has 0 aromatic heterocycles. The number of rotatable bonds is 18. The van der Waals surface area contributed by atoms with Crippen LogP contribution < -0.4 is 4.89 Å². The van der Waals surface area contributed by atoms with Gasteiger partial charge in [0.15, 0.2) is 0 Å². The maximum absolute atomic E-state index is 12.0. The highest BCUT2D eigenvalue weighted by Gasteiger charge is 2.53. The van der Waals surface area contributed by atoms with E-state index in [0.717, 1.165) is 44.9 Å². The summed E-state index contributed by atoms with van der Waals surface area (Å²) in [5.74, 6) is 0. The van der Waals surface area contributed by atoms with Crippen LogP contribution in [0.1, 0.15) is 104 Å². The van der Waals surface area contributed by atoms with Gasteiger partial charge in [-0.3, -0.25) is 4.48 Å². The molecule has 0 heterocycles. The zero-order valence-electron chi connectivity index (χ0n) is 19.4. The van der Waals surface area contributed by atoms with Gasteiger partial charge < -0.3 is 4.89 Å². The predicted octanol–water partition coefficient (Wildman–Crippen LogP) is 7.11. The van der Waals surface area contributed by atoms with Crippen LogP contribution in [0.5, 0.6) is 0 Å². The molecule has 0 aliphatic carbocycles. The molecule has 0 aromatic rings. The van der Waals surface area contributed by atoms with Crippen molar-refractivity contribution in [2.75, 3.05) is 21.1 Å². The Morgan fingerprint density at radius 2 is 1.14 bits per heavy atom. The molecule has 0 spiro atoms. The van der Waals surface area contributed by atoms with Crippen molar-refractivity contribution in [3.05, 3.63) is 24.3 Å². The Balaban J connectivity index is 3.92. The van der Waals surface area contributed by atoms with E-state index < -0.39 is 13.3 Å². The first-order chi connectivity index (χ1) is 13.3. The van der Waals surface area contributed by atoms with Gasteiger partial charge >= 0.3 is 8.03 Å². The van der Waals surface area contributed by atoms with E-state index in [0.29, 0.717) is 4.48 Å². The largest absolute Gasteiger partial charge is 0.590 e. The lowest BCUT2D eigenvalue weighted by atomic mass is 10.00. The van der Waals surface area contributed by atoms with Crippen molar-refractivity contribution in [1.82, 2.24) is 0 Å². The van der Waals surface area contributed by atoms with Crippen molar-refractivity contribution < 1.29 is 13.9 Å². The van der Waals surface area contributed by atoms with Gasteiger partial charge in [0.25, 0.3) is 5.28 Å². The smallest absolute Gasteiger partial charge is 0.376 e. The van der Waals surface area contributed by atoms with Crippen molar-refractivity contribution in [3.63, 3.8) is 0 Å². The topological polar surface area (TPSA) is 40.1 Å². The van der Waals surface area contributed by atoms with Crippen molar-refractivity contribution in [2.24, 2.45) is 0 Å². The van der Waals surface area contributed by atoms with Crippen LogP contribution in [-0.2, 0) is 4.57 Å². The van der Waals surface area contributed by atoms with E-state index >= 15 is 0 Å². The maximum atomic E-state index is 12.0. The van der Waals surface area contributed by atoms with Gasteiger partial charge in [0.1, 0.15) is 0 Å². The van der Waals surface area contributed by atoms with Gasteiger partial charge in [-0.15, -0.1) is 0 Å². The molecule has 0 rings (SSSR count). The summed E-state index contributed by atoms with van der Waals surface area (Å²) in [4.78, 5) is 12.0. The van der Waals surface area contributed by atoms with E-state index in [4.69, 9.17) is 0 Å². The standard InChI is InChI=1S/C24H47NO2P/c1-6-8-9-10-11-12-13-14-15-16-17-18-19-20-21-23-24(22-7-2,28(26)27)25(3,4)5/h11-12,17-18H,6-10,13-16,19-23H2,1-5H3/q+1/b12-11-,18-17-. The molecule has 0 saturated carbocycles. The molecule has 0 N–H and O–H groups in total. The summed E-state index contributed by atoms with van der Waals surface area (Å²) >= 11 is 0. The second-order valence-corrected chi connectivity index (χ2v) is 10.3. The fourth-order valence-corrected chi connectivity index (χ4v) is 5.04. The molecule has 4 heteroatoms. The van der Waals surface area contributed by atoms with Crippen LogP contribution in [-0.4, -0.2) is 30.9 Å². The fraction of sp³-hybridized carbons (Fsp3) is 0.833. The Morgan fingerprint density at radius 3 is 1.50 bits per heavy atom. The van der Waals surface area contributed by atoms with Gasteiger partial charge in [-0.25, -0.2) is 0 Å². The highest BCUT2D eigenvalue weighted by molar-refractivity contribution is 7.38. The molecule has 28 heavy (non-hydrogen) atoms. The molecule has 2 unspecified atom stereocenters. The van der Waals surface area contributed by atoms with Crippen LogP contribution in [0, 0.1) is 0 Å². The lowest BCUT2D eigenvalue weighted by Crippen LogP contribution is -2.55. The normalized spacial score (nSPS) is 15.4. The Kier molecular flexibility index (Phi) is 16.0. The number of allylic oxidation sites excluding steroid dienone is 4. The molecule has 3 nitrogen and oxygen atoms in total. The van der Waals surface area contributed by atoms with Crippen LogP contribution in [0.2, 0.25) is 0 Å². The number of unbranched alkanes of at least 4 members (excludes halogenated alkanes) is 8. The molecule has 0 bridgehead atoms. The van der Waals surface area contributed by atoms with Crippen LogP contribution in [0.3, 0.4) is 0 Å². The molecule has 0 fully saturated rings. The van der Waals surface area contributed by atoms with Crippen molar-refractivity contribution in [2.45, 2.75) is 109 Å². The van der Waals surface area contributed by atoms with Crippen molar-refractivity contribution >= 4 is 8.03 Å². The van der Waals surface area contributed by atoms with E-state index in [-0.39, 0.29) is 0 Å². The molecule has 164 valence electrons. The van der Waals surface area contributed by atoms with Crippen molar-refractivity contribution in [3.8, 4) is 0 Å². The van der Waals surface area contributed by atoms with Gasteiger partial charge in [-0.2, -0.15) is 0 Å². The molecule has 0 radical (unpaired) electrons. The van der Waals surface area contributed by atoms with Crippen molar-refractivity contribution in [1.29, 1.82) is 0 Å². The van der Waals surface area contributed by atoms with Gasteiger partial charge in [0.2, 0.25) is 0 Å². The number of nitrogens with zero attached hydrogens (tertiary/aromatic N) is 1. The molecule has 0 aliphatic heterocycles. The Bertz CT molecular complexity index is 454. The molecular weight excluding hydrogens is 365 g/mol. The van der Waals surface area contributed by atoms with Gasteiger partial charge in [-0.1, -0.05) is 55.6 Å². The van der Waals surface area contributed by atoms with E-state index in [1.165, 1.54) is 44.9 Å². The minimum absolute atomic E-state index is 0.502. The first kappa shape index (κ1) is 27.5. The Morgan fingerprint density at radius 1 is 0.714 bits per heavy atom. The molecule has 0 aliphatic rings. The second kappa shape index (κ2) is 16.3. The van der Waals surface area contributed by atoms with Crippen LogP contribution in [0.15, 0.2) is 24.3 Å². The third-order valence-electron chi connectivity index (χ3n) is 5.74. The van der Waals surface area contributed by atoms with E-state index in [2.05, 4.69) is 38.2 Å². The average molecular weight is 413 g/mol. The summed E-state index contributed by atoms with van der Waals surface area (Å²) < 4.78 is 12.5. The number of hydrogen-bond acceptors (Lipinski definition) is 2. The Labute approximate surface area is 176 Å². The molecule has 0 saturated heterocycles. The highest BCUT2D eigenvalue weighted by atomic mass is 31.1. The molecule has 0 amide bonds. The minimum atomic E-state index is -2.44. The maximum Gasteiger partial charge on any atom is 0.376 e. The van der Waals surface area contributed by atoms with E-state index in [1.807, 2.05) is 21.1 Å². The molecule has 2 atom stereocenters. The number of hydrogen-bond donors (Lipinski definition) is 0. The number of quaternary nitrogens is 1. The summed E-state index contributed by atoms with van der Waals surface area (Å²) in [6, 6.07) is 0. The van der Waals surface area contributed by atoms with E-state index in [1.54, 1.807) is 0 Å². The highest BCUT2D eigenvalue weighted by Crippen LogP contribution is 2.45. The summed E-state index contributed by atoms with van der Waals surface area (Å²) in [5.41, 5.74) is 0. The second-order valence-electron chi connectivity index (χ2n) is 8.97. The summed E-state index contributed by atoms with van der Waals surface area (Å²) in [5, 5.41) is -0.613. The van der Waals surface area contributed by atoms with Crippen LogP contribution >= 0.6 is 8.03 Å². The summed E-state index contributed by atoms with van der Waals surface area (Å²) in [6.07, 6.45) is 24.9. The quantitative estimate of drug-likeness (QED) is 0.104. The van der Waals surface area contributed by atoms with Gasteiger partial charge in [-0.05, 0) is 64.2 Å². The molecule has 0 aromatic carbocycles. The minimum Gasteiger partial charge on any atom is -0.590 e.